The normalized spacial score (nSPS) is 10.5. The number of hydrogen-bond donors (Lipinski definition) is 1. The van der Waals surface area contributed by atoms with Gasteiger partial charge in [0.25, 0.3) is 0 Å². The van der Waals surface area contributed by atoms with E-state index in [0.29, 0.717) is 12.5 Å². The third-order valence-corrected chi connectivity index (χ3v) is 3.17. The summed E-state index contributed by atoms with van der Waals surface area (Å²) in [7, 11) is 0. The number of unbranched alkanes of at least 4 members (excludes halogenated alkanes) is 1. The van der Waals surface area contributed by atoms with E-state index in [1.165, 1.54) is 0 Å². The summed E-state index contributed by atoms with van der Waals surface area (Å²) in [5.41, 5.74) is 2.85. The van der Waals surface area contributed by atoms with E-state index in [1.54, 1.807) is 0 Å². The summed E-state index contributed by atoms with van der Waals surface area (Å²) < 4.78 is 5.76. The van der Waals surface area contributed by atoms with Crippen LogP contribution < -0.4 is 4.74 Å². The summed E-state index contributed by atoms with van der Waals surface area (Å²) in [6.07, 6.45) is 3.21. The fourth-order valence-corrected chi connectivity index (χ4v) is 1.98. The third-order valence-electron chi connectivity index (χ3n) is 3.17. The van der Waals surface area contributed by atoms with Crippen molar-refractivity contribution in [1.29, 1.82) is 0 Å². The monoisotopic (exact) mass is 271 g/mol. The Morgan fingerprint density at radius 3 is 2.60 bits per heavy atom. The van der Waals surface area contributed by atoms with E-state index in [0.717, 1.165) is 36.1 Å². The molecule has 1 heterocycles. The van der Waals surface area contributed by atoms with Crippen LogP contribution in [0.5, 0.6) is 5.88 Å². The predicted molar refractivity (Wildman–Crippen MR) is 79.5 cm³/mol. The Kier molecular flexibility index (Phi) is 5.56. The first-order valence-electron chi connectivity index (χ1n) is 7.10. The highest BCUT2D eigenvalue weighted by atomic mass is 16.5. The smallest absolute Gasteiger partial charge is 0.219 e. The van der Waals surface area contributed by atoms with Crippen molar-refractivity contribution in [1.82, 2.24) is 4.98 Å². The van der Waals surface area contributed by atoms with E-state index in [-0.39, 0.29) is 6.61 Å². The van der Waals surface area contributed by atoms with Crippen LogP contribution in [0.2, 0.25) is 0 Å². The number of aryl methyl sites for hydroxylation is 1. The first-order valence-corrected chi connectivity index (χ1v) is 7.10. The molecule has 1 N–H and O–H groups in total. The molecule has 1 aromatic heterocycles. The van der Waals surface area contributed by atoms with Crippen LogP contribution >= 0.6 is 0 Å². The second-order valence-electron chi connectivity index (χ2n) is 4.80. The molecule has 20 heavy (non-hydrogen) atoms. The Bertz CT molecular complexity index is 526. The molecule has 1 aromatic carbocycles. The number of ether oxygens (including phenoxy) is 1. The van der Waals surface area contributed by atoms with Crippen molar-refractivity contribution >= 4 is 0 Å². The molecule has 0 aliphatic heterocycles. The summed E-state index contributed by atoms with van der Waals surface area (Å²) in [5.74, 6) is 0.546. The van der Waals surface area contributed by atoms with Crippen molar-refractivity contribution in [3.63, 3.8) is 0 Å². The van der Waals surface area contributed by atoms with Gasteiger partial charge >= 0.3 is 0 Å². The van der Waals surface area contributed by atoms with Gasteiger partial charge in [-0.2, -0.15) is 0 Å². The van der Waals surface area contributed by atoms with Gasteiger partial charge in [0.1, 0.15) is 6.61 Å². The number of rotatable bonds is 7. The number of benzene rings is 1. The van der Waals surface area contributed by atoms with Gasteiger partial charge in [-0.05, 0) is 30.5 Å². The standard InChI is InChI=1S/C17H21NO2/c1-2-3-9-16-11-10-15(12-19)17(18-16)20-13-14-7-5-4-6-8-14/h4-8,10-11,19H,2-3,9,12-13H2,1H3. The van der Waals surface area contributed by atoms with Gasteiger partial charge in [-0.3, -0.25) is 0 Å². The van der Waals surface area contributed by atoms with Crippen molar-refractivity contribution in [2.24, 2.45) is 0 Å². The topological polar surface area (TPSA) is 42.4 Å². The van der Waals surface area contributed by atoms with Crippen LogP contribution in [0, 0.1) is 0 Å². The quantitative estimate of drug-likeness (QED) is 0.838. The Morgan fingerprint density at radius 1 is 1.10 bits per heavy atom. The number of aliphatic hydroxyl groups is 1. The highest BCUT2D eigenvalue weighted by Crippen LogP contribution is 2.19. The molecular weight excluding hydrogens is 250 g/mol. The Morgan fingerprint density at radius 2 is 1.90 bits per heavy atom. The average molecular weight is 271 g/mol. The number of aliphatic hydroxyl groups excluding tert-OH is 1. The van der Waals surface area contributed by atoms with E-state index < -0.39 is 0 Å². The van der Waals surface area contributed by atoms with E-state index in [1.807, 2.05) is 42.5 Å². The van der Waals surface area contributed by atoms with E-state index >= 15 is 0 Å². The van der Waals surface area contributed by atoms with Gasteiger partial charge in [0.05, 0.1) is 6.61 Å². The third kappa shape index (κ3) is 4.07. The molecule has 2 aromatic rings. The Hall–Kier alpha value is -1.87. The Balaban J connectivity index is 2.07. The molecule has 106 valence electrons. The van der Waals surface area contributed by atoms with Crippen LogP contribution in [0.1, 0.15) is 36.6 Å². The lowest BCUT2D eigenvalue weighted by Crippen LogP contribution is -2.03. The van der Waals surface area contributed by atoms with E-state index in [9.17, 15) is 5.11 Å². The van der Waals surface area contributed by atoms with E-state index in [4.69, 9.17) is 4.74 Å². The molecule has 0 amide bonds. The van der Waals surface area contributed by atoms with Crippen molar-refractivity contribution < 1.29 is 9.84 Å². The molecule has 0 aliphatic rings. The van der Waals surface area contributed by atoms with Crippen molar-refractivity contribution in [3.8, 4) is 5.88 Å². The maximum atomic E-state index is 9.36. The van der Waals surface area contributed by atoms with Crippen molar-refractivity contribution in [2.45, 2.75) is 39.4 Å². The molecule has 0 spiro atoms. The van der Waals surface area contributed by atoms with Crippen molar-refractivity contribution in [2.75, 3.05) is 0 Å². The minimum Gasteiger partial charge on any atom is -0.473 e. The molecular formula is C17H21NO2. The lowest BCUT2D eigenvalue weighted by molar-refractivity contribution is 0.252. The van der Waals surface area contributed by atoms with E-state index in [2.05, 4.69) is 11.9 Å². The second kappa shape index (κ2) is 7.65. The maximum absolute atomic E-state index is 9.36. The van der Waals surface area contributed by atoms with Gasteiger partial charge in [0.15, 0.2) is 0 Å². The van der Waals surface area contributed by atoms with Crippen molar-refractivity contribution in [3.05, 3.63) is 59.3 Å². The summed E-state index contributed by atoms with van der Waals surface area (Å²) >= 11 is 0. The fourth-order valence-electron chi connectivity index (χ4n) is 1.98. The zero-order valence-corrected chi connectivity index (χ0v) is 11.9. The van der Waals surface area contributed by atoms with Gasteiger partial charge in [-0.15, -0.1) is 0 Å². The molecule has 0 atom stereocenters. The van der Waals surface area contributed by atoms with Crippen LogP contribution in [-0.4, -0.2) is 10.1 Å². The number of pyridine rings is 1. The summed E-state index contributed by atoms with van der Waals surface area (Å²) in [6, 6.07) is 13.8. The highest BCUT2D eigenvalue weighted by Gasteiger charge is 2.07. The average Bonchev–Trinajstić information content (AvgIpc) is 2.52. The minimum atomic E-state index is -0.0504. The fraction of sp³-hybridized carbons (Fsp3) is 0.353. The molecule has 0 fully saturated rings. The molecule has 2 rings (SSSR count). The second-order valence-corrected chi connectivity index (χ2v) is 4.80. The number of hydrogen-bond acceptors (Lipinski definition) is 3. The first kappa shape index (κ1) is 14.5. The largest absolute Gasteiger partial charge is 0.473 e. The highest BCUT2D eigenvalue weighted by molar-refractivity contribution is 5.28. The summed E-state index contributed by atoms with van der Waals surface area (Å²) in [6.45, 7) is 2.58. The first-order chi connectivity index (χ1) is 9.83. The molecule has 0 unspecified atom stereocenters. The number of aromatic nitrogens is 1. The number of nitrogens with zero attached hydrogens (tertiary/aromatic N) is 1. The predicted octanol–water partition coefficient (Wildman–Crippen LogP) is 3.50. The molecule has 3 nitrogen and oxygen atoms in total. The van der Waals surface area contributed by atoms with Crippen LogP contribution in [-0.2, 0) is 19.6 Å². The molecule has 0 saturated carbocycles. The summed E-state index contributed by atoms with van der Waals surface area (Å²) in [5, 5.41) is 9.36. The molecule has 0 radical (unpaired) electrons. The molecule has 3 heteroatoms. The van der Waals surface area contributed by atoms with Gasteiger partial charge in [0.2, 0.25) is 5.88 Å². The van der Waals surface area contributed by atoms with Gasteiger partial charge in [-0.1, -0.05) is 43.7 Å². The lowest BCUT2D eigenvalue weighted by Gasteiger charge is -2.11. The summed E-state index contributed by atoms with van der Waals surface area (Å²) in [4.78, 5) is 4.51. The zero-order valence-electron chi connectivity index (χ0n) is 11.9. The molecule has 0 saturated heterocycles. The zero-order chi connectivity index (χ0) is 14.2. The molecule has 0 bridgehead atoms. The maximum Gasteiger partial charge on any atom is 0.219 e. The minimum absolute atomic E-state index is 0.0504. The molecule has 0 aliphatic carbocycles. The van der Waals surface area contributed by atoms with Crippen LogP contribution in [0.4, 0.5) is 0 Å². The van der Waals surface area contributed by atoms with Gasteiger partial charge < -0.3 is 9.84 Å². The Labute approximate surface area is 120 Å². The van der Waals surface area contributed by atoms with Crippen LogP contribution in [0.3, 0.4) is 0 Å². The lowest BCUT2D eigenvalue weighted by atomic mass is 10.1. The van der Waals surface area contributed by atoms with Crippen LogP contribution in [0.15, 0.2) is 42.5 Å². The SMILES string of the molecule is CCCCc1ccc(CO)c(OCc2ccccc2)n1. The van der Waals surface area contributed by atoms with Gasteiger partial charge in [-0.25, -0.2) is 4.98 Å². The van der Waals surface area contributed by atoms with Crippen LogP contribution in [0.25, 0.3) is 0 Å². The van der Waals surface area contributed by atoms with Gasteiger partial charge in [0, 0.05) is 11.3 Å².